The number of benzene rings is 1. The lowest BCUT2D eigenvalue weighted by Crippen LogP contribution is -2.20. The highest BCUT2D eigenvalue weighted by Crippen LogP contribution is 2.23. The van der Waals surface area contributed by atoms with Crippen molar-refractivity contribution < 1.29 is 22.7 Å². The van der Waals surface area contributed by atoms with Crippen molar-refractivity contribution in [2.24, 2.45) is 0 Å². The normalized spacial score (nSPS) is 10.9. The lowest BCUT2D eigenvalue weighted by molar-refractivity contribution is -0.274. The minimum Gasteiger partial charge on any atom is -0.406 e. The van der Waals surface area contributed by atoms with Gasteiger partial charge in [-0.3, -0.25) is 4.79 Å². The Morgan fingerprint density at radius 2 is 1.89 bits per heavy atom. The zero-order valence-corrected chi connectivity index (χ0v) is 9.67. The molecule has 18 heavy (non-hydrogen) atoms. The van der Waals surface area contributed by atoms with Crippen LogP contribution in [0.2, 0.25) is 0 Å². The first-order valence-corrected chi connectivity index (χ1v) is 5.21. The summed E-state index contributed by atoms with van der Waals surface area (Å²) in [6.45, 7) is 0.402. The maximum absolute atomic E-state index is 11.9. The molecule has 0 aliphatic carbocycles. The molecule has 0 aromatic heterocycles. The summed E-state index contributed by atoms with van der Waals surface area (Å²) in [7, 11) is 1.53. The van der Waals surface area contributed by atoms with Crippen molar-refractivity contribution in [2.75, 3.05) is 18.9 Å². The molecule has 0 atom stereocenters. The summed E-state index contributed by atoms with van der Waals surface area (Å²) in [6.07, 6.45) is -4.40. The number of carbonyl (C=O) groups is 1. The lowest BCUT2D eigenvalue weighted by atomic mass is 10.3. The minimum atomic E-state index is -4.69. The van der Waals surface area contributed by atoms with Crippen LogP contribution in [0.3, 0.4) is 0 Å². The van der Waals surface area contributed by atoms with Crippen molar-refractivity contribution in [1.29, 1.82) is 0 Å². The number of ether oxygens (including phenoxy) is 1. The van der Waals surface area contributed by atoms with E-state index in [0.29, 0.717) is 12.2 Å². The molecule has 4 nitrogen and oxygen atoms in total. The SMILES string of the molecule is CNC(=O)CCNc1ccc(OC(F)(F)F)cc1. The maximum atomic E-state index is 11.9. The Hall–Kier alpha value is -1.92. The predicted molar refractivity (Wildman–Crippen MR) is 60.3 cm³/mol. The van der Waals surface area contributed by atoms with E-state index < -0.39 is 6.36 Å². The molecule has 7 heteroatoms. The zero-order valence-electron chi connectivity index (χ0n) is 9.67. The molecule has 0 heterocycles. The Morgan fingerprint density at radius 3 is 2.39 bits per heavy atom. The molecule has 0 radical (unpaired) electrons. The van der Waals surface area contributed by atoms with E-state index in [0.717, 1.165) is 0 Å². The average molecular weight is 262 g/mol. The highest BCUT2D eigenvalue weighted by atomic mass is 19.4. The van der Waals surface area contributed by atoms with Crippen LogP contribution < -0.4 is 15.4 Å². The van der Waals surface area contributed by atoms with Crippen LogP contribution in [0.25, 0.3) is 0 Å². The van der Waals surface area contributed by atoms with Crippen LogP contribution in [0.1, 0.15) is 6.42 Å². The van der Waals surface area contributed by atoms with Gasteiger partial charge in [-0.1, -0.05) is 0 Å². The number of hydrogen-bond donors (Lipinski definition) is 2. The Labute approximate surface area is 102 Å². The summed E-state index contributed by atoms with van der Waals surface area (Å²) in [5.41, 5.74) is 0.619. The predicted octanol–water partition coefficient (Wildman–Crippen LogP) is 2.13. The third-order valence-electron chi connectivity index (χ3n) is 2.05. The molecule has 1 amide bonds. The topological polar surface area (TPSA) is 50.4 Å². The van der Waals surface area contributed by atoms with Gasteiger partial charge in [0, 0.05) is 25.7 Å². The molecule has 0 aliphatic rings. The number of halogens is 3. The molecule has 0 spiro atoms. The fourth-order valence-electron chi connectivity index (χ4n) is 1.22. The van der Waals surface area contributed by atoms with Crippen molar-refractivity contribution >= 4 is 11.6 Å². The fraction of sp³-hybridized carbons (Fsp3) is 0.364. The average Bonchev–Trinajstić information content (AvgIpc) is 2.29. The van der Waals surface area contributed by atoms with Crippen molar-refractivity contribution in [2.45, 2.75) is 12.8 Å². The van der Waals surface area contributed by atoms with Gasteiger partial charge in [-0.15, -0.1) is 13.2 Å². The van der Waals surface area contributed by atoms with Crippen LogP contribution in [0.15, 0.2) is 24.3 Å². The van der Waals surface area contributed by atoms with Crippen molar-refractivity contribution in [3.05, 3.63) is 24.3 Å². The summed E-state index contributed by atoms with van der Waals surface area (Å²) in [4.78, 5) is 10.9. The van der Waals surface area contributed by atoms with Gasteiger partial charge < -0.3 is 15.4 Å². The van der Waals surface area contributed by atoms with Gasteiger partial charge in [0.1, 0.15) is 5.75 Å². The Balaban J connectivity index is 2.43. The van der Waals surface area contributed by atoms with E-state index >= 15 is 0 Å². The van der Waals surface area contributed by atoms with E-state index in [4.69, 9.17) is 0 Å². The maximum Gasteiger partial charge on any atom is 0.573 e. The Morgan fingerprint density at radius 1 is 1.28 bits per heavy atom. The quantitative estimate of drug-likeness (QED) is 0.854. The first-order chi connectivity index (χ1) is 8.40. The van der Waals surface area contributed by atoms with Gasteiger partial charge in [-0.2, -0.15) is 0 Å². The molecular weight excluding hydrogens is 249 g/mol. The molecular formula is C11H13F3N2O2. The van der Waals surface area contributed by atoms with E-state index in [9.17, 15) is 18.0 Å². The van der Waals surface area contributed by atoms with Gasteiger partial charge in [-0.25, -0.2) is 0 Å². The monoisotopic (exact) mass is 262 g/mol. The van der Waals surface area contributed by atoms with Gasteiger partial charge in [0.15, 0.2) is 0 Å². The minimum absolute atomic E-state index is 0.112. The van der Waals surface area contributed by atoms with Gasteiger partial charge in [0.2, 0.25) is 5.91 Å². The van der Waals surface area contributed by atoms with Crippen LogP contribution in [0.5, 0.6) is 5.75 Å². The molecule has 1 rings (SSSR count). The second-order valence-corrected chi connectivity index (χ2v) is 3.42. The van der Waals surface area contributed by atoms with Gasteiger partial charge in [0.05, 0.1) is 0 Å². The number of hydrogen-bond acceptors (Lipinski definition) is 3. The number of alkyl halides is 3. The molecule has 100 valence electrons. The number of anilines is 1. The third kappa shape index (κ3) is 5.42. The smallest absolute Gasteiger partial charge is 0.406 e. The standard InChI is InChI=1S/C11H13F3N2O2/c1-15-10(17)6-7-16-8-2-4-9(5-3-8)18-11(12,13)14/h2-5,16H,6-7H2,1H3,(H,15,17). The summed E-state index contributed by atoms with van der Waals surface area (Å²) < 4.78 is 39.4. The molecule has 0 saturated carbocycles. The number of amides is 1. The van der Waals surface area contributed by atoms with Crippen LogP contribution >= 0.6 is 0 Å². The van der Waals surface area contributed by atoms with E-state index in [1.165, 1.54) is 31.3 Å². The number of carbonyl (C=O) groups excluding carboxylic acids is 1. The number of rotatable bonds is 5. The van der Waals surface area contributed by atoms with Crippen LogP contribution in [0, 0.1) is 0 Å². The molecule has 0 bridgehead atoms. The zero-order chi connectivity index (χ0) is 13.6. The highest BCUT2D eigenvalue weighted by molar-refractivity contribution is 5.76. The van der Waals surface area contributed by atoms with Gasteiger partial charge in [0.25, 0.3) is 0 Å². The van der Waals surface area contributed by atoms with Crippen molar-refractivity contribution in [3.63, 3.8) is 0 Å². The molecule has 1 aromatic carbocycles. The Bertz CT molecular complexity index is 390. The molecule has 0 unspecified atom stereocenters. The first-order valence-electron chi connectivity index (χ1n) is 5.21. The van der Waals surface area contributed by atoms with Crippen molar-refractivity contribution in [1.82, 2.24) is 5.32 Å². The summed E-state index contributed by atoms with van der Waals surface area (Å²) >= 11 is 0. The van der Waals surface area contributed by atoms with E-state index in [1.807, 2.05) is 0 Å². The summed E-state index contributed by atoms with van der Waals surface area (Å²) in [6, 6.07) is 5.31. The molecule has 0 saturated heterocycles. The fourth-order valence-corrected chi connectivity index (χ4v) is 1.22. The first kappa shape index (κ1) is 14.1. The van der Waals surface area contributed by atoms with E-state index in [1.54, 1.807) is 0 Å². The molecule has 0 fully saturated rings. The van der Waals surface area contributed by atoms with Crippen molar-refractivity contribution in [3.8, 4) is 5.75 Å². The third-order valence-corrected chi connectivity index (χ3v) is 2.05. The molecule has 1 aromatic rings. The second kappa shape index (κ2) is 6.13. The lowest BCUT2D eigenvalue weighted by Gasteiger charge is -2.10. The van der Waals surface area contributed by atoms with E-state index in [-0.39, 0.29) is 18.1 Å². The molecule has 0 aliphatic heterocycles. The highest BCUT2D eigenvalue weighted by Gasteiger charge is 2.30. The van der Waals surface area contributed by atoms with Gasteiger partial charge in [-0.05, 0) is 24.3 Å². The molecule has 2 N–H and O–H groups in total. The van der Waals surface area contributed by atoms with Crippen LogP contribution in [0.4, 0.5) is 18.9 Å². The van der Waals surface area contributed by atoms with E-state index in [2.05, 4.69) is 15.4 Å². The summed E-state index contributed by atoms with van der Waals surface area (Å²) in [5.74, 6) is -0.390. The van der Waals surface area contributed by atoms with Crippen LogP contribution in [-0.4, -0.2) is 25.9 Å². The van der Waals surface area contributed by atoms with Gasteiger partial charge >= 0.3 is 6.36 Å². The summed E-state index contributed by atoms with van der Waals surface area (Å²) in [5, 5.41) is 5.36. The Kier molecular flexibility index (Phi) is 4.82. The van der Waals surface area contributed by atoms with Crippen LogP contribution in [-0.2, 0) is 4.79 Å². The number of nitrogens with one attached hydrogen (secondary N) is 2. The second-order valence-electron chi connectivity index (χ2n) is 3.42. The largest absolute Gasteiger partial charge is 0.573 e.